The van der Waals surface area contributed by atoms with Crippen LogP contribution in [-0.4, -0.2) is 11.3 Å². The van der Waals surface area contributed by atoms with Crippen LogP contribution in [0.15, 0.2) is 10.5 Å². The number of carbonyl (C=O) groups excluding carboxylic acids is 1. The molecule has 2 nitrogen and oxygen atoms in total. The van der Waals surface area contributed by atoms with Crippen molar-refractivity contribution in [3.63, 3.8) is 0 Å². The van der Waals surface area contributed by atoms with Crippen molar-refractivity contribution in [2.75, 3.05) is 5.32 Å². The molecule has 0 radical (unpaired) electrons. The fourth-order valence-corrected chi connectivity index (χ4v) is 2.60. The van der Waals surface area contributed by atoms with E-state index in [2.05, 4.69) is 21.2 Å². The van der Waals surface area contributed by atoms with Crippen molar-refractivity contribution in [3.8, 4) is 0 Å². The number of hydrogen-bond acceptors (Lipinski definition) is 2. The molecule has 1 aromatic rings. The normalized spacial score (nSPS) is 17.9. The molecule has 0 fully saturated rings. The van der Waals surface area contributed by atoms with Crippen LogP contribution in [0.2, 0.25) is 0 Å². The third kappa shape index (κ3) is 2.38. The van der Waals surface area contributed by atoms with Crippen LogP contribution in [0.1, 0.15) is 30.5 Å². The molecular weight excluding hydrogens is 323 g/mol. The molecule has 0 bridgehead atoms. The maximum atomic E-state index is 13.0. The lowest BCUT2D eigenvalue weighted by atomic mass is 9.84. The zero-order valence-corrected chi connectivity index (χ0v) is 12.3. The second kappa shape index (κ2) is 4.23. The highest BCUT2D eigenvalue weighted by Crippen LogP contribution is 2.43. The van der Waals surface area contributed by atoms with Crippen LogP contribution in [0.25, 0.3) is 0 Å². The minimum absolute atomic E-state index is 0.0394. The fraction of sp³-hybridized carbons (Fsp3) is 0.462. The summed E-state index contributed by atoms with van der Waals surface area (Å²) in [5.74, 6) is -0.243. The molecule has 0 aliphatic carbocycles. The van der Waals surface area contributed by atoms with Crippen molar-refractivity contribution in [1.82, 2.24) is 0 Å². The Bertz CT molecular complexity index is 564. The first-order valence-corrected chi connectivity index (χ1v) is 6.54. The number of hydrogen-bond donors (Lipinski definition) is 1. The molecule has 0 saturated carbocycles. The predicted octanol–water partition coefficient (Wildman–Crippen LogP) is 4.09. The maximum Gasteiger partial charge on any atom is 0.416 e. The summed E-state index contributed by atoms with van der Waals surface area (Å²) in [7, 11) is 0. The lowest BCUT2D eigenvalue weighted by molar-refractivity contribution is -0.138. The quantitative estimate of drug-likeness (QED) is 0.773. The molecule has 1 aliphatic heterocycles. The topological polar surface area (TPSA) is 29.1 Å². The summed E-state index contributed by atoms with van der Waals surface area (Å²) < 4.78 is 39.5. The number of benzene rings is 1. The van der Waals surface area contributed by atoms with E-state index in [-0.39, 0.29) is 17.8 Å². The minimum Gasteiger partial charge on any atom is -0.373 e. The van der Waals surface area contributed by atoms with Crippen molar-refractivity contribution in [2.24, 2.45) is 0 Å². The second-order valence-electron chi connectivity index (χ2n) is 5.23. The monoisotopic (exact) mass is 335 g/mol. The van der Waals surface area contributed by atoms with E-state index in [0.717, 1.165) is 6.07 Å². The van der Waals surface area contributed by atoms with E-state index < -0.39 is 17.3 Å². The van der Waals surface area contributed by atoms with Crippen molar-refractivity contribution in [1.29, 1.82) is 0 Å². The molecule has 0 atom stereocenters. The van der Waals surface area contributed by atoms with E-state index in [1.807, 2.05) is 0 Å². The number of rotatable bonds is 0. The van der Waals surface area contributed by atoms with Crippen molar-refractivity contribution < 1.29 is 18.0 Å². The number of anilines is 1. The van der Waals surface area contributed by atoms with Gasteiger partial charge < -0.3 is 5.32 Å². The molecule has 0 aromatic heterocycles. The van der Waals surface area contributed by atoms with Crippen LogP contribution in [-0.2, 0) is 17.4 Å². The number of ketones is 1. The van der Waals surface area contributed by atoms with E-state index >= 15 is 0 Å². The summed E-state index contributed by atoms with van der Waals surface area (Å²) in [4.78, 5) is 11.9. The summed E-state index contributed by atoms with van der Waals surface area (Å²) >= 11 is 3.15. The van der Waals surface area contributed by atoms with E-state index in [4.69, 9.17) is 0 Å². The molecule has 0 spiro atoms. The van der Waals surface area contributed by atoms with Gasteiger partial charge in [-0.2, -0.15) is 13.2 Å². The van der Waals surface area contributed by atoms with Crippen molar-refractivity contribution in [3.05, 3.63) is 27.2 Å². The molecule has 1 N–H and O–H groups in total. The number of carbonyl (C=O) groups is 1. The Balaban J connectivity index is 2.72. The first-order valence-electron chi connectivity index (χ1n) is 5.74. The van der Waals surface area contributed by atoms with Gasteiger partial charge in [0.25, 0.3) is 0 Å². The zero-order chi connectivity index (χ0) is 14.6. The molecule has 0 saturated heterocycles. The third-order valence-corrected chi connectivity index (χ3v) is 4.23. The SMILES string of the molecule is Cc1c(Br)cc(C(F)(F)F)c2c1NC(C)(C)C(=O)C2. The summed E-state index contributed by atoms with van der Waals surface area (Å²) in [6, 6.07) is 1.04. The van der Waals surface area contributed by atoms with Crippen LogP contribution in [0.4, 0.5) is 18.9 Å². The second-order valence-corrected chi connectivity index (χ2v) is 6.09. The van der Waals surface area contributed by atoms with E-state index in [1.165, 1.54) is 0 Å². The van der Waals surface area contributed by atoms with Gasteiger partial charge in [0.2, 0.25) is 0 Å². The number of fused-ring (bicyclic) bond motifs is 1. The fourth-order valence-electron chi connectivity index (χ4n) is 2.17. The van der Waals surface area contributed by atoms with Gasteiger partial charge in [0.1, 0.15) is 0 Å². The lowest BCUT2D eigenvalue weighted by Crippen LogP contribution is -2.45. The number of alkyl halides is 3. The van der Waals surface area contributed by atoms with Crippen LogP contribution in [0.5, 0.6) is 0 Å². The molecular formula is C13H13BrF3NO. The van der Waals surface area contributed by atoms with Gasteiger partial charge in [0, 0.05) is 16.6 Å². The standard InChI is InChI=1S/C13H13BrF3NO/c1-6-9(14)5-8(13(15,16)17)7-4-10(19)12(2,3)18-11(6)7/h5,18H,4H2,1-3H3. The van der Waals surface area contributed by atoms with Gasteiger partial charge in [-0.1, -0.05) is 15.9 Å². The van der Waals surface area contributed by atoms with Crippen LogP contribution < -0.4 is 5.32 Å². The predicted molar refractivity (Wildman–Crippen MR) is 70.3 cm³/mol. The highest BCUT2D eigenvalue weighted by molar-refractivity contribution is 9.10. The lowest BCUT2D eigenvalue weighted by Gasteiger charge is -2.35. The average Bonchev–Trinajstić information content (AvgIpc) is 2.25. The third-order valence-electron chi connectivity index (χ3n) is 3.41. The van der Waals surface area contributed by atoms with E-state index in [1.54, 1.807) is 20.8 Å². The summed E-state index contributed by atoms with van der Waals surface area (Å²) in [5.41, 5.74) is -0.467. The number of nitrogens with one attached hydrogen (secondary N) is 1. The zero-order valence-electron chi connectivity index (χ0n) is 10.7. The molecule has 0 amide bonds. The van der Waals surface area contributed by atoms with Gasteiger partial charge in [0.05, 0.1) is 11.1 Å². The van der Waals surface area contributed by atoms with Crippen molar-refractivity contribution >= 4 is 27.4 Å². The van der Waals surface area contributed by atoms with Gasteiger partial charge in [-0.15, -0.1) is 0 Å². The Kier molecular flexibility index (Phi) is 3.20. The minimum atomic E-state index is -4.47. The highest BCUT2D eigenvalue weighted by Gasteiger charge is 2.41. The molecule has 1 heterocycles. The van der Waals surface area contributed by atoms with E-state index in [9.17, 15) is 18.0 Å². The molecule has 0 unspecified atom stereocenters. The smallest absolute Gasteiger partial charge is 0.373 e. The molecule has 104 valence electrons. The Morgan fingerprint density at radius 1 is 1.37 bits per heavy atom. The van der Waals surface area contributed by atoms with Crippen LogP contribution in [0, 0.1) is 6.92 Å². The Morgan fingerprint density at radius 3 is 2.47 bits per heavy atom. The van der Waals surface area contributed by atoms with Gasteiger partial charge in [-0.05, 0) is 38.0 Å². The molecule has 6 heteroatoms. The summed E-state index contributed by atoms with van der Waals surface area (Å²) in [6.07, 6.45) is -4.66. The van der Waals surface area contributed by atoms with Crippen LogP contribution >= 0.6 is 15.9 Å². The van der Waals surface area contributed by atoms with Gasteiger partial charge in [0.15, 0.2) is 5.78 Å². The molecule has 1 aliphatic rings. The van der Waals surface area contributed by atoms with Gasteiger partial charge in [-0.25, -0.2) is 0 Å². The maximum absolute atomic E-state index is 13.0. The van der Waals surface area contributed by atoms with E-state index in [0.29, 0.717) is 15.7 Å². The van der Waals surface area contributed by atoms with Crippen LogP contribution in [0.3, 0.4) is 0 Å². The average molecular weight is 336 g/mol. The first kappa shape index (κ1) is 14.4. The summed E-state index contributed by atoms with van der Waals surface area (Å²) in [6.45, 7) is 5.07. The highest BCUT2D eigenvalue weighted by atomic mass is 79.9. The number of halogens is 4. The number of Topliss-reactive ketones (excluding diaryl/α,β-unsaturated/α-hetero) is 1. The van der Waals surface area contributed by atoms with Gasteiger partial charge >= 0.3 is 6.18 Å². The molecule has 2 rings (SSSR count). The van der Waals surface area contributed by atoms with Gasteiger partial charge in [-0.3, -0.25) is 4.79 Å². The molecule has 19 heavy (non-hydrogen) atoms. The summed E-state index contributed by atoms with van der Waals surface area (Å²) in [5, 5.41) is 2.93. The van der Waals surface area contributed by atoms with Crippen molar-refractivity contribution in [2.45, 2.75) is 38.9 Å². The Morgan fingerprint density at radius 2 is 1.95 bits per heavy atom. The first-order chi connectivity index (χ1) is 8.54. The molecule has 1 aromatic carbocycles. The Labute approximate surface area is 117 Å². The Hall–Kier alpha value is -1.04. The largest absolute Gasteiger partial charge is 0.416 e.